The van der Waals surface area contributed by atoms with Crippen molar-refractivity contribution in [3.63, 3.8) is 0 Å². The topological polar surface area (TPSA) is 0 Å². The summed E-state index contributed by atoms with van der Waals surface area (Å²) in [7, 11) is 0. The van der Waals surface area contributed by atoms with Crippen LogP contribution in [-0.4, -0.2) is 0 Å². The van der Waals surface area contributed by atoms with Crippen LogP contribution in [0.1, 0.15) is 27.8 Å². The van der Waals surface area contributed by atoms with Crippen LogP contribution >= 0.6 is 31.9 Å². The molecule has 0 N–H and O–H groups in total. The first-order chi connectivity index (χ1) is 19.6. The summed E-state index contributed by atoms with van der Waals surface area (Å²) in [5.41, 5.74) is 13.5. The van der Waals surface area contributed by atoms with Crippen LogP contribution in [0, 0.1) is 6.92 Å². The first-order valence-corrected chi connectivity index (χ1v) is 15.1. The van der Waals surface area contributed by atoms with Gasteiger partial charge in [0.15, 0.2) is 0 Å². The van der Waals surface area contributed by atoms with Gasteiger partial charge in [0.05, 0.1) is 5.41 Å². The van der Waals surface area contributed by atoms with Crippen LogP contribution in [0.3, 0.4) is 0 Å². The highest BCUT2D eigenvalue weighted by atomic mass is 79.9. The molecule has 40 heavy (non-hydrogen) atoms. The molecule has 0 saturated carbocycles. The summed E-state index contributed by atoms with van der Waals surface area (Å²) < 4.78 is 2.15. The molecule has 0 aromatic heterocycles. The molecule has 6 aromatic carbocycles. The Bertz CT molecular complexity index is 1840. The van der Waals surface area contributed by atoms with Gasteiger partial charge in [-0.3, -0.25) is 0 Å². The van der Waals surface area contributed by atoms with Crippen LogP contribution in [0.25, 0.3) is 33.4 Å². The Kier molecular flexibility index (Phi) is 6.34. The Morgan fingerprint density at radius 1 is 0.450 bits per heavy atom. The Balaban J connectivity index is 1.66. The van der Waals surface area contributed by atoms with E-state index in [0.717, 1.165) is 8.95 Å². The van der Waals surface area contributed by atoms with E-state index in [4.69, 9.17) is 0 Å². The summed E-state index contributed by atoms with van der Waals surface area (Å²) in [6.45, 7) is 2.21. The second-order valence-electron chi connectivity index (χ2n) is 10.4. The normalized spacial score (nSPS) is 13.1. The largest absolute Gasteiger partial charge is 0.0714 e. The van der Waals surface area contributed by atoms with E-state index >= 15 is 0 Å². The molecule has 0 heterocycles. The molecule has 0 spiro atoms. The lowest BCUT2D eigenvalue weighted by Crippen LogP contribution is -2.28. The van der Waals surface area contributed by atoms with Crippen molar-refractivity contribution in [3.05, 3.63) is 176 Å². The quantitative estimate of drug-likeness (QED) is 0.179. The SMILES string of the molecule is Cc1ccccc1-c1cccc2c1-c1ccc(-c3ccccc3)cc1C2(c1cccc(Br)c1)c1cccc(Br)c1. The van der Waals surface area contributed by atoms with Crippen LogP contribution in [0.5, 0.6) is 0 Å². The third-order valence-corrected chi connectivity index (χ3v) is 9.21. The Morgan fingerprint density at radius 3 is 1.75 bits per heavy atom. The van der Waals surface area contributed by atoms with E-state index in [0.29, 0.717) is 0 Å². The van der Waals surface area contributed by atoms with Crippen molar-refractivity contribution < 1.29 is 0 Å². The zero-order valence-corrected chi connectivity index (χ0v) is 25.2. The maximum Gasteiger partial charge on any atom is 0.0714 e. The number of rotatable bonds is 4. The van der Waals surface area contributed by atoms with Crippen molar-refractivity contribution in [3.8, 4) is 33.4 Å². The first-order valence-electron chi connectivity index (χ1n) is 13.5. The van der Waals surface area contributed by atoms with Crippen LogP contribution in [0.4, 0.5) is 0 Å². The molecule has 0 atom stereocenters. The van der Waals surface area contributed by atoms with Gasteiger partial charge in [-0.2, -0.15) is 0 Å². The molecule has 192 valence electrons. The van der Waals surface area contributed by atoms with Gasteiger partial charge in [-0.15, -0.1) is 0 Å². The molecule has 6 aromatic rings. The third kappa shape index (κ3) is 3.93. The van der Waals surface area contributed by atoms with E-state index in [9.17, 15) is 0 Å². The van der Waals surface area contributed by atoms with Gasteiger partial charge in [-0.25, -0.2) is 0 Å². The van der Waals surface area contributed by atoms with Crippen molar-refractivity contribution >= 4 is 31.9 Å². The predicted molar refractivity (Wildman–Crippen MR) is 175 cm³/mol. The molecule has 0 nitrogen and oxygen atoms in total. The highest BCUT2D eigenvalue weighted by molar-refractivity contribution is 9.10. The van der Waals surface area contributed by atoms with Gasteiger partial charge in [0, 0.05) is 8.95 Å². The molecular weight excluding hydrogens is 616 g/mol. The van der Waals surface area contributed by atoms with Crippen LogP contribution in [0.2, 0.25) is 0 Å². The molecule has 0 saturated heterocycles. The smallest absolute Gasteiger partial charge is 0.0622 e. The summed E-state index contributed by atoms with van der Waals surface area (Å²) in [4.78, 5) is 0. The van der Waals surface area contributed by atoms with E-state index in [1.807, 2.05) is 0 Å². The van der Waals surface area contributed by atoms with Gasteiger partial charge >= 0.3 is 0 Å². The molecule has 0 bridgehead atoms. The van der Waals surface area contributed by atoms with Crippen molar-refractivity contribution in [2.24, 2.45) is 0 Å². The van der Waals surface area contributed by atoms with Gasteiger partial charge in [0.25, 0.3) is 0 Å². The van der Waals surface area contributed by atoms with E-state index in [1.54, 1.807) is 0 Å². The highest BCUT2D eigenvalue weighted by Gasteiger charge is 2.47. The van der Waals surface area contributed by atoms with Crippen LogP contribution in [-0.2, 0) is 5.41 Å². The maximum absolute atomic E-state index is 3.80. The number of hydrogen-bond donors (Lipinski definition) is 0. The first kappa shape index (κ1) is 25.3. The average Bonchev–Trinajstić information content (AvgIpc) is 3.29. The summed E-state index contributed by atoms with van der Waals surface area (Å²) in [5.74, 6) is 0. The minimum atomic E-state index is -0.498. The fourth-order valence-electron chi connectivity index (χ4n) is 6.51. The summed E-state index contributed by atoms with van der Waals surface area (Å²) in [5, 5.41) is 0. The van der Waals surface area contributed by atoms with Gasteiger partial charge < -0.3 is 0 Å². The average molecular weight is 642 g/mol. The maximum atomic E-state index is 3.80. The van der Waals surface area contributed by atoms with E-state index in [1.165, 1.54) is 61.2 Å². The van der Waals surface area contributed by atoms with Gasteiger partial charge in [-0.1, -0.05) is 141 Å². The molecule has 0 aliphatic heterocycles. The monoisotopic (exact) mass is 640 g/mol. The lowest BCUT2D eigenvalue weighted by molar-refractivity contribution is 0.767. The summed E-state index contributed by atoms with van der Waals surface area (Å²) in [6.07, 6.45) is 0. The predicted octanol–water partition coefficient (Wildman–Crippen LogP) is 11.2. The van der Waals surface area contributed by atoms with E-state index < -0.39 is 5.41 Å². The molecule has 0 radical (unpaired) electrons. The number of aryl methyl sites for hydroxylation is 1. The van der Waals surface area contributed by atoms with Gasteiger partial charge in [-0.05, 0) is 98.5 Å². The van der Waals surface area contributed by atoms with Gasteiger partial charge in [0.2, 0.25) is 0 Å². The van der Waals surface area contributed by atoms with Crippen LogP contribution < -0.4 is 0 Å². The molecule has 0 fully saturated rings. The Labute approximate surface area is 252 Å². The molecule has 1 aliphatic rings. The standard InChI is InChI=1S/C38H26Br2/c1-25-10-5-6-17-32(25)33-18-9-19-35-37(33)34-21-20-27(26-11-3-2-4-12-26)22-36(34)38(35,28-13-7-15-30(39)23-28)29-14-8-16-31(40)24-29/h2-24H,1H3. The minimum absolute atomic E-state index is 0.498. The summed E-state index contributed by atoms with van der Waals surface area (Å²) >= 11 is 7.61. The molecule has 1 aliphatic carbocycles. The minimum Gasteiger partial charge on any atom is -0.0622 e. The van der Waals surface area contributed by atoms with Crippen molar-refractivity contribution in [1.29, 1.82) is 0 Å². The van der Waals surface area contributed by atoms with E-state index in [-0.39, 0.29) is 0 Å². The fraction of sp³-hybridized carbons (Fsp3) is 0.0526. The lowest BCUT2D eigenvalue weighted by Gasteiger charge is -2.34. The number of benzene rings is 6. The molecule has 2 heteroatoms. The Morgan fingerprint density at radius 2 is 1.07 bits per heavy atom. The number of halogens is 2. The second-order valence-corrected chi connectivity index (χ2v) is 12.3. The summed E-state index contributed by atoms with van der Waals surface area (Å²) in [6, 6.07) is 51.0. The van der Waals surface area contributed by atoms with Crippen LogP contribution in [0.15, 0.2) is 148 Å². The zero-order valence-electron chi connectivity index (χ0n) is 22.0. The molecule has 0 amide bonds. The lowest BCUT2D eigenvalue weighted by atomic mass is 9.67. The molecular formula is C38H26Br2. The molecule has 7 rings (SSSR count). The Hall–Kier alpha value is -3.72. The van der Waals surface area contributed by atoms with E-state index in [2.05, 4.69) is 178 Å². The second kappa shape index (κ2) is 10.0. The van der Waals surface area contributed by atoms with Crippen molar-refractivity contribution in [2.45, 2.75) is 12.3 Å². The zero-order chi connectivity index (χ0) is 27.3. The van der Waals surface area contributed by atoms with Gasteiger partial charge in [0.1, 0.15) is 0 Å². The van der Waals surface area contributed by atoms with Crippen molar-refractivity contribution in [1.82, 2.24) is 0 Å². The fourth-order valence-corrected chi connectivity index (χ4v) is 7.31. The third-order valence-electron chi connectivity index (χ3n) is 8.22. The molecule has 0 unspecified atom stereocenters. The number of fused-ring (bicyclic) bond motifs is 3. The van der Waals surface area contributed by atoms with Crippen molar-refractivity contribution in [2.75, 3.05) is 0 Å². The number of hydrogen-bond acceptors (Lipinski definition) is 0. The highest BCUT2D eigenvalue weighted by Crippen LogP contribution is 2.59.